The number of carbonyl (C=O) groups excluding carboxylic acids is 2. The Balaban J connectivity index is 1.80. The molecule has 0 spiro atoms. The first kappa shape index (κ1) is 17.7. The molecule has 1 aromatic rings. The van der Waals surface area contributed by atoms with Crippen molar-refractivity contribution < 1.29 is 9.59 Å². The third-order valence-corrected chi connectivity index (χ3v) is 4.13. The highest BCUT2D eigenvalue weighted by Crippen LogP contribution is 2.13. The summed E-state index contributed by atoms with van der Waals surface area (Å²) >= 11 is 5.90. The molecule has 0 aromatic heterocycles. The van der Waals surface area contributed by atoms with Crippen LogP contribution in [-0.2, 0) is 16.1 Å². The highest BCUT2D eigenvalue weighted by molar-refractivity contribution is 6.30. The van der Waals surface area contributed by atoms with E-state index in [-0.39, 0.29) is 24.9 Å². The Kier molecular flexibility index (Phi) is 6.83. The minimum absolute atomic E-state index is 0.0210. The number of nitrogens with one attached hydrogen (secondary N) is 1. The highest BCUT2D eigenvalue weighted by atomic mass is 35.5. The topological polar surface area (TPSA) is 78.7 Å². The largest absolute Gasteiger partial charge is 0.346 e. The number of rotatable bonds is 5. The molecule has 2 rings (SSSR count). The Bertz CT molecular complexity index is 535. The molecule has 0 bridgehead atoms. The number of amides is 2. The van der Waals surface area contributed by atoms with E-state index in [9.17, 15) is 9.59 Å². The molecular formula is C16H23ClN4O2. The third-order valence-electron chi connectivity index (χ3n) is 3.88. The first-order valence-corrected chi connectivity index (χ1v) is 8.17. The minimum Gasteiger partial charge on any atom is -0.346 e. The molecule has 0 saturated carbocycles. The third kappa shape index (κ3) is 5.82. The normalized spacial score (nSPS) is 16.0. The van der Waals surface area contributed by atoms with Crippen molar-refractivity contribution in [3.63, 3.8) is 0 Å². The summed E-state index contributed by atoms with van der Waals surface area (Å²) in [5, 5.41) is 3.26. The van der Waals surface area contributed by atoms with Crippen LogP contribution in [0, 0.1) is 0 Å². The van der Waals surface area contributed by atoms with Crippen molar-refractivity contribution in [2.24, 2.45) is 5.73 Å². The Morgan fingerprint density at radius 3 is 2.57 bits per heavy atom. The van der Waals surface area contributed by atoms with E-state index in [1.165, 1.54) is 5.56 Å². The number of carbonyl (C=O) groups is 2. The predicted octanol–water partition coefficient (Wildman–Crippen LogP) is 0.449. The van der Waals surface area contributed by atoms with Crippen molar-refractivity contribution in [2.75, 3.05) is 39.3 Å². The molecule has 0 radical (unpaired) electrons. The number of hydrogen-bond acceptors (Lipinski definition) is 4. The van der Waals surface area contributed by atoms with Gasteiger partial charge in [0, 0.05) is 37.7 Å². The lowest BCUT2D eigenvalue weighted by Gasteiger charge is -2.22. The Morgan fingerprint density at radius 2 is 1.87 bits per heavy atom. The van der Waals surface area contributed by atoms with Crippen LogP contribution in [0.3, 0.4) is 0 Å². The molecule has 6 nitrogen and oxygen atoms in total. The maximum absolute atomic E-state index is 12.1. The molecule has 1 aliphatic heterocycles. The van der Waals surface area contributed by atoms with Gasteiger partial charge in [0.1, 0.15) is 0 Å². The molecule has 0 unspecified atom stereocenters. The van der Waals surface area contributed by atoms with Crippen LogP contribution in [0.15, 0.2) is 24.3 Å². The molecule has 1 heterocycles. The quantitative estimate of drug-likeness (QED) is 0.817. The lowest BCUT2D eigenvalue weighted by molar-refractivity contribution is -0.132. The number of halogens is 1. The fourth-order valence-corrected chi connectivity index (χ4v) is 2.71. The summed E-state index contributed by atoms with van der Waals surface area (Å²) in [6.07, 6.45) is 0.921. The van der Waals surface area contributed by atoms with Crippen LogP contribution in [0.2, 0.25) is 5.02 Å². The van der Waals surface area contributed by atoms with Crippen LogP contribution in [-0.4, -0.2) is 60.9 Å². The van der Waals surface area contributed by atoms with Crippen molar-refractivity contribution in [3.05, 3.63) is 34.9 Å². The second-order valence-corrected chi connectivity index (χ2v) is 6.05. The van der Waals surface area contributed by atoms with E-state index >= 15 is 0 Å². The van der Waals surface area contributed by atoms with Gasteiger partial charge < -0.3 is 16.0 Å². The molecule has 0 aliphatic carbocycles. The van der Waals surface area contributed by atoms with Crippen molar-refractivity contribution >= 4 is 23.4 Å². The highest BCUT2D eigenvalue weighted by Gasteiger charge is 2.19. The fourth-order valence-electron chi connectivity index (χ4n) is 2.58. The van der Waals surface area contributed by atoms with Gasteiger partial charge in [-0.05, 0) is 24.1 Å². The van der Waals surface area contributed by atoms with E-state index in [1.54, 1.807) is 4.90 Å². The Hall–Kier alpha value is -1.63. The Labute approximate surface area is 141 Å². The fraction of sp³-hybridized carbons (Fsp3) is 0.500. The Morgan fingerprint density at radius 1 is 1.13 bits per heavy atom. The molecule has 126 valence electrons. The first-order chi connectivity index (χ1) is 11.1. The van der Waals surface area contributed by atoms with Gasteiger partial charge in [-0.15, -0.1) is 0 Å². The summed E-state index contributed by atoms with van der Waals surface area (Å²) in [6.45, 7) is 3.93. The molecule has 1 fully saturated rings. The number of nitrogens with two attached hydrogens (primary N) is 1. The summed E-state index contributed by atoms with van der Waals surface area (Å²) in [6, 6.07) is 7.84. The zero-order chi connectivity index (χ0) is 16.7. The second-order valence-electron chi connectivity index (χ2n) is 5.62. The summed E-state index contributed by atoms with van der Waals surface area (Å²) in [5.41, 5.74) is 6.42. The summed E-state index contributed by atoms with van der Waals surface area (Å²) in [4.78, 5) is 27.4. The molecule has 2 amide bonds. The molecule has 1 aromatic carbocycles. The van der Waals surface area contributed by atoms with Gasteiger partial charge in [0.25, 0.3) is 0 Å². The van der Waals surface area contributed by atoms with Gasteiger partial charge in [-0.2, -0.15) is 0 Å². The van der Waals surface area contributed by atoms with Crippen LogP contribution in [0.4, 0.5) is 0 Å². The summed E-state index contributed by atoms with van der Waals surface area (Å²) < 4.78 is 0. The van der Waals surface area contributed by atoms with Gasteiger partial charge >= 0.3 is 0 Å². The predicted molar refractivity (Wildman–Crippen MR) is 90.0 cm³/mol. The standard InChI is InChI=1S/C16H23ClN4O2/c17-14-4-2-13(3-5-14)12-20-6-1-7-21(9-8-20)16(23)11-19-15(22)10-18/h2-5H,1,6-12,18H2,(H,19,22). The van der Waals surface area contributed by atoms with Gasteiger partial charge in [-0.25, -0.2) is 0 Å². The van der Waals surface area contributed by atoms with Gasteiger partial charge in [-0.3, -0.25) is 14.5 Å². The number of hydrogen-bond donors (Lipinski definition) is 2. The molecule has 23 heavy (non-hydrogen) atoms. The molecular weight excluding hydrogens is 316 g/mol. The van der Waals surface area contributed by atoms with Crippen molar-refractivity contribution in [2.45, 2.75) is 13.0 Å². The second kappa shape index (κ2) is 8.86. The maximum Gasteiger partial charge on any atom is 0.242 e. The van der Waals surface area contributed by atoms with Crippen LogP contribution in [0.25, 0.3) is 0 Å². The zero-order valence-corrected chi connectivity index (χ0v) is 13.9. The maximum atomic E-state index is 12.1. The van der Waals surface area contributed by atoms with Crippen molar-refractivity contribution in [3.8, 4) is 0 Å². The van der Waals surface area contributed by atoms with Crippen LogP contribution >= 0.6 is 11.6 Å². The smallest absolute Gasteiger partial charge is 0.242 e. The number of benzene rings is 1. The van der Waals surface area contributed by atoms with E-state index in [2.05, 4.69) is 10.2 Å². The summed E-state index contributed by atoms with van der Waals surface area (Å²) in [5.74, 6) is -0.363. The summed E-state index contributed by atoms with van der Waals surface area (Å²) in [7, 11) is 0. The SMILES string of the molecule is NCC(=O)NCC(=O)N1CCCN(Cc2ccc(Cl)cc2)CC1. The lowest BCUT2D eigenvalue weighted by Crippen LogP contribution is -2.43. The monoisotopic (exact) mass is 338 g/mol. The first-order valence-electron chi connectivity index (χ1n) is 7.80. The lowest BCUT2D eigenvalue weighted by atomic mass is 10.2. The average Bonchev–Trinajstić information content (AvgIpc) is 2.80. The molecule has 1 saturated heterocycles. The van der Waals surface area contributed by atoms with Crippen molar-refractivity contribution in [1.82, 2.24) is 15.1 Å². The molecule has 3 N–H and O–H groups in total. The number of nitrogens with zero attached hydrogens (tertiary/aromatic N) is 2. The van der Waals surface area contributed by atoms with Gasteiger partial charge in [0.2, 0.25) is 11.8 Å². The van der Waals surface area contributed by atoms with E-state index < -0.39 is 0 Å². The molecule has 1 aliphatic rings. The van der Waals surface area contributed by atoms with Gasteiger partial charge in [0.15, 0.2) is 0 Å². The van der Waals surface area contributed by atoms with Gasteiger partial charge in [-0.1, -0.05) is 23.7 Å². The van der Waals surface area contributed by atoms with Gasteiger partial charge in [0.05, 0.1) is 13.1 Å². The van der Waals surface area contributed by atoms with E-state index in [4.69, 9.17) is 17.3 Å². The van der Waals surface area contributed by atoms with E-state index in [0.717, 1.165) is 31.1 Å². The minimum atomic E-state index is -0.308. The average molecular weight is 339 g/mol. The zero-order valence-electron chi connectivity index (χ0n) is 13.1. The molecule has 0 atom stereocenters. The van der Waals surface area contributed by atoms with E-state index in [1.807, 2.05) is 24.3 Å². The van der Waals surface area contributed by atoms with E-state index in [0.29, 0.717) is 13.1 Å². The molecule has 7 heteroatoms. The van der Waals surface area contributed by atoms with Crippen molar-refractivity contribution in [1.29, 1.82) is 0 Å². The van der Waals surface area contributed by atoms with Crippen LogP contribution in [0.1, 0.15) is 12.0 Å². The van der Waals surface area contributed by atoms with Crippen LogP contribution in [0.5, 0.6) is 0 Å². The van der Waals surface area contributed by atoms with Crippen LogP contribution < -0.4 is 11.1 Å².